The molecule has 0 rings (SSSR count). The Hall–Kier alpha value is 1.95. The first-order valence-electron chi connectivity index (χ1n) is 1.01. The molecule has 0 radical (unpaired) electrons. The van der Waals surface area contributed by atoms with Crippen molar-refractivity contribution in [1.82, 2.24) is 0 Å². The molecule has 0 aliphatic rings. The molecule has 0 aromatic rings. The fourth-order valence-electron chi connectivity index (χ4n) is 0. The summed E-state index contributed by atoms with van der Waals surface area (Å²) in [6, 6.07) is 0. The van der Waals surface area contributed by atoms with E-state index in [1.807, 2.05) is 0 Å². The van der Waals surface area contributed by atoms with Crippen LogP contribution in [0.15, 0.2) is 0 Å². The summed E-state index contributed by atoms with van der Waals surface area (Å²) in [5.41, 5.74) is 0. The van der Waals surface area contributed by atoms with Crippen molar-refractivity contribution in [1.29, 1.82) is 0 Å². The van der Waals surface area contributed by atoms with Gasteiger partial charge in [0.15, 0.2) is 0 Å². The van der Waals surface area contributed by atoms with Crippen molar-refractivity contribution in [3.8, 4) is 0 Å². The molecule has 0 unspecified atom stereocenters. The zero-order valence-electron chi connectivity index (χ0n) is 3.14. The van der Waals surface area contributed by atoms with Gasteiger partial charge in [0, 0.05) is 0 Å². The molecule has 0 aromatic carbocycles. The average molecular weight is 230 g/mol. The maximum absolute atomic E-state index is 8.88. The van der Waals surface area contributed by atoms with E-state index < -0.39 is 7.82 Å². The van der Waals surface area contributed by atoms with Gasteiger partial charge in [0.05, 0.1) is 0 Å². The van der Waals surface area contributed by atoms with E-state index in [0.29, 0.717) is 25.2 Å². The molecule has 0 aliphatic carbocycles. The van der Waals surface area contributed by atoms with Crippen LogP contribution in [0, 0.1) is 0 Å². The average Bonchev–Trinajstić information content (AvgIpc) is 1.36. The Labute approximate surface area is 84.1 Å². The molecule has 8 heavy (non-hydrogen) atoms. The summed E-state index contributed by atoms with van der Waals surface area (Å²) in [4.78, 5) is 21.6. The van der Waals surface area contributed by atoms with Crippen LogP contribution in [0.1, 0.15) is 0 Å². The van der Waals surface area contributed by atoms with Crippen LogP contribution in [0.2, 0.25) is 0 Å². The van der Waals surface area contributed by atoms with Crippen molar-refractivity contribution in [2.45, 2.75) is 0 Å². The summed E-state index contributed by atoms with van der Waals surface area (Å²) in [6.07, 6.45) is 0. The van der Waals surface area contributed by atoms with E-state index in [0.717, 1.165) is 0 Å². The normalized spacial score (nSPS) is 7.88. The molecule has 5 nitrogen and oxygen atoms in total. The first-order chi connectivity index (χ1) is 3.00. The molecule has 0 bridgehead atoms. The predicted octanol–water partition coefficient (Wildman–Crippen LogP) is -2.14. The van der Waals surface area contributed by atoms with Gasteiger partial charge >= 0.3 is 65.7 Å². The Morgan fingerprint density at radius 2 is 1.12 bits per heavy atom. The SMILES string of the molecule is O=P(O)(O)O.[NaH].[OH][Zr]. The maximum atomic E-state index is 8.88. The van der Waals surface area contributed by atoms with Crippen molar-refractivity contribution in [2.75, 3.05) is 0 Å². The molecule has 0 saturated carbocycles. The van der Waals surface area contributed by atoms with Gasteiger partial charge in [0.1, 0.15) is 0 Å². The van der Waals surface area contributed by atoms with Gasteiger partial charge in [-0.25, -0.2) is 4.57 Å². The summed E-state index contributed by atoms with van der Waals surface area (Å²) in [6.45, 7) is 0. The Bertz CT molecular complexity index is 58.6. The van der Waals surface area contributed by atoms with Crippen molar-refractivity contribution < 1.29 is 47.6 Å². The van der Waals surface area contributed by atoms with E-state index in [-0.39, 0.29) is 29.6 Å². The zero-order chi connectivity index (χ0) is 6.50. The van der Waals surface area contributed by atoms with Gasteiger partial charge < -0.3 is 14.7 Å². The van der Waals surface area contributed by atoms with Crippen LogP contribution in [-0.4, -0.2) is 47.4 Å². The molecule has 0 heterocycles. The molecule has 0 aromatic heterocycles. The van der Waals surface area contributed by atoms with Gasteiger partial charge in [-0.1, -0.05) is 0 Å². The Kier molecular flexibility index (Phi) is 18.5. The third-order valence-corrected chi connectivity index (χ3v) is 0. The summed E-state index contributed by atoms with van der Waals surface area (Å²) in [5, 5.41) is 0. The van der Waals surface area contributed by atoms with Crippen LogP contribution in [0.4, 0.5) is 0 Å². The second-order valence-electron chi connectivity index (χ2n) is 0.513. The Balaban J connectivity index is -0.0000000750. The van der Waals surface area contributed by atoms with Gasteiger partial charge in [-0.3, -0.25) is 0 Å². The van der Waals surface area contributed by atoms with E-state index in [1.165, 1.54) is 0 Å². The summed E-state index contributed by atoms with van der Waals surface area (Å²) >= 11 is 0.550. The van der Waals surface area contributed by atoms with E-state index in [9.17, 15) is 0 Å². The van der Waals surface area contributed by atoms with Gasteiger partial charge in [0.2, 0.25) is 0 Å². The van der Waals surface area contributed by atoms with Crippen LogP contribution in [-0.2, 0) is 29.7 Å². The van der Waals surface area contributed by atoms with Crippen LogP contribution >= 0.6 is 7.82 Å². The van der Waals surface area contributed by atoms with Crippen molar-refractivity contribution in [3.05, 3.63) is 0 Å². The molecule has 0 fully saturated rings. The number of phosphoric acid groups is 1. The summed E-state index contributed by atoms with van der Waals surface area (Å²) in [5.74, 6) is 0. The van der Waals surface area contributed by atoms with Crippen molar-refractivity contribution >= 4 is 37.4 Å². The van der Waals surface area contributed by atoms with Gasteiger partial charge in [-0.05, 0) is 0 Å². The van der Waals surface area contributed by atoms with E-state index in [2.05, 4.69) is 0 Å². The fourth-order valence-corrected chi connectivity index (χ4v) is 0. The molecule has 45 valence electrons. The van der Waals surface area contributed by atoms with Gasteiger partial charge in [-0.15, -0.1) is 0 Å². The Morgan fingerprint density at radius 3 is 1.12 bits per heavy atom. The molecular weight excluding hydrogens is 225 g/mol. The number of hydrogen-bond acceptors (Lipinski definition) is 2. The van der Waals surface area contributed by atoms with Gasteiger partial charge in [0.25, 0.3) is 0 Å². The first-order valence-corrected chi connectivity index (χ1v) is 3.67. The second-order valence-corrected chi connectivity index (χ2v) is 1.54. The topological polar surface area (TPSA) is 98.0 Å². The third kappa shape index (κ3) is 101. The van der Waals surface area contributed by atoms with Gasteiger partial charge in [-0.2, -0.15) is 0 Å². The molecule has 0 atom stereocenters. The van der Waals surface area contributed by atoms with Crippen LogP contribution in [0.3, 0.4) is 0 Å². The summed E-state index contributed by atoms with van der Waals surface area (Å²) < 4.78 is 16.0. The molecule has 0 aliphatic heterocycles. The van der Waals surface area contributed by atoms with Crippen LogP contribution in [0.5, 0.6) is 0 Å². The molecule has 8 heteroatoms. The molecular formula is H5NaO5PZr. The monoisotopic (exact) mass is 229 g/mol. The minimum atomic E-state index is -4.64. The predicted molar refractivity (Wildman–Crippen MR) is 23.6 cm³/mol. The first kappa shape index (κ1) is 16.5. The standard InChI is InChI=1S/Na.H3O4P.H2O.Zr.H/c;1-5(2,3)4;;;/h;(H3,1,2,3,4);1H2;;/q;;;+1;/p-1. The fraction of sp³-hybridized carbons (Fsp3) is 0. The molecule has 0 saturated heterocycles. The van der Waals surface area contributed by atoms with Crippen LogP contribution < -0.4 is 0 Å². The van der Waals surface area contributed by atoms with E-state index >= 15 is 0 Å². The molecule has 0 amide bonds. The quantitative estimate of drug-likeness (QED) is 0.281. The van der Waals surface area contributed by atoms with Crippen LogP contribution in [0.25, 0.3) is 0 Å². The Morgan fingerprint density at radius 1 is 1.12 bits per heavy atom. The molecule has 4 N–H and O–H groups in total. The molecule has 0 spiro atoms. The van der Waals surface area contributed by atoms with E-state index in [1.54, 1.807) is 0 Å². The van der Waals surface area contributed by atoms with Crippen molar-refractivity contribution in [2.24, 2.45) is 0 Å². The number of hydrogen-bond donors (Lipinski definition) is 4. The number of rotatable bonds is 0. The van der Waals surface area contributed by atoms with E-state index in [4.69, 9.17) is 22.4 Å². The van der Waals surface area contributed by atoms with Crippen molar-refractivity contribution in [3.63, 3.8) is 0 Å². The summed E-state index contributed by atoms with van der Waals surface area (Å²) in [7, 11) is -4.64. The minimum absolute atomic E-state index is 0. The second kappa shape index (κ2) is 8.95. The zero-order valence-corrected chi connectivity index (χ0v) is 6.50. The third-order valence-electron chi connectivity index (χ3n) is 0.